The van der Waals surface area contributed by atoms with E-state index in [4.69, 9.17) is 0 Å². The number of carbonyl (C=O) groups is 1. The first-order valence-corrected chi connectivity index (χ1v) is 10.3. The first kappa shape index (κ1) is 18.7. The first-order valence-electron chi connectivity index (χ1n) is 9.45. The second kappa shape index (κ2) is 8.15. The highest BCUT2D eigenvalue weighted by Crippen LogP contribution is 2.30. The molecule has 1 aliphatic heterocycles. The molecule has 0 spiro atoms. The van der Waals surface area contributed by atoms with Crippen LogP contribution in [0.3, 0.4) is 0 Å². The second-order valence-electron chi connectivity index (χ2n) is 6.82. The largest absolute Gasteiger partial charge is 0.344 e. The summed E-state index contributed by atoms with van der Waals surface area (Å²) in [6.07, 6.45) is 4.50. The maximum atomic E-state index is 11.2. The zero-order chi connectivity index (χ0) is 19.5. The molecule has 4 rings (SSSR count). The topological polar surface area (TPSA) is 87.1 Å². The third kappa shape index (κ3) is 3.95. The molecular weight excluding hydrogens is 374 g/mol. The van der Waals surface area contributed by atoms with E-state index < -0.39 is 0 Å². The van der Waals surface area contributed by atoms with Crippen LogP contribution in [0.1, 0.15) is 31.9 Å². The van der Waals surface area contributed by atoms with Gasteiger partial charge in [-0.05, 0) is 24.1 Å². The Labute approximate surface area is 167 Å². The van der Waals surface area contributed by atoms with Crippen LogP contribution in [0.4, 0.5) is 10.3 Å². The molecule has 1 amide bonds. The molecule has 3 aromatic rings. The quantitative estimate of drug-likeness (QED) is 0.708. The number of anilines is 2. The van der Waals surface area contributed by atoms with Gasteiger partial charge in [-0.15, -0.1) is 10.2 Å². The minimum absolute atomic E-state index is 0.126. The van der Waals surface area contributed by atoms with E-state index in [1.165, 1.54) is 23.8 Å². The maximum absolute atomic E-state index is 11.2. The minimum atomic E-state index is -0.126. The van der Waals surface area contributed by atoms with Crippen molar-refractivity contribution in [1.29, 1.82) is 0 Å². The number of nitrogens with one attached hydrogen (secondary N) is 1. The molecule has 1 unspecified atom stereocenters. The fraction of sp³-hybridized carbons (Fsp3) is 0.421. The number of fused-ring (bicyclic) bond motifs is 1. The number of amides is 1. The Kier molecular flexibility index (Phi) is 5.45. The lowest BCUT2D eigenvalue weighted by atomic mass is 10.0. The van der Waals surface area contributed by atoms with Gasteiger partial charge >= 0.3 is 0 Å². The van der Waals surface area contributed by atoms with Crippen molar-refractivity contribution >= 4 is 38.5 Å². The average Bonchev–Trinajstić information content (AvgIpc) is 3.17. The SMILES string of the molecule is CCC(c1ccc2nccnc2c1)N1CCN(c2nnc(NC(C)=O)s2)CC1. The second-order valence-corrected chi connectivity index (χ2v) is 7.78. The molecule has 1 fully saturated rings. The van der Waals surface area contributed by atoms with Crippen LogP contribution in [0.15, 0.2) is 30.6 Å². The summed E-state index contributed by atoms with van der Waals surface area (Å²) in [6, 6.07) is 6.74. The summed E-state index contributed by atoms with van der Waals surface area (Å²) < 4.78 is 0. The Morgan fingerprint density at radius 3 is 2.61 bits per heavy atom. The molecule has 0 radical (unpaired) electrons. The Bertz CT molecular complexity index is 968. The normalized spacial score (nSPS) is 16.3. The predicted octanol–water partition coefficient (Wildman–Crippen LogP) is 2.71. The Hall–Kier alpha value is -2.65. The number of nitrogens with zero attached hydrogens (tertiary/aromatic N) is 6. The molecule has 146 valence electrons. The molecule has 1 aliphatic rings. The summed E-state index contributed by atoms with van der Waals surface area (Å²) in [6.45, 7) is 7.38. The maximum Gasteiger partial charge on any atom is 0.223 e. The van der Waals surface area contributed by atoms with E-state index in [9.17, 15) is 4.79 Å². The zero-order valence-electron chi connectivity index (χ0n) is 16.0. The van der Waals surface area contributed by atoms with E-state index in [1.807, 2.05) is 0 Å². The smallest absolute Gasteiger partial charge is 0.223 e. The molecule has 8 nitrogen and oxygen atoms in total. The summed E-state index contributed by atoms with van der Waals surface area (Å²) in [5.74, 6) is -0.126. The Morgan fingerprint density at radius 1 is 1.14 bits per heavy atom. The standard InChI is InChI=1S/C19H23N7OS/c1-3-17(14-4-5-15-16(12-14)21-7-6-20-15)25-8-10-26(11-9-25)19-24-23-18(28-19)22-13(2)27/h4-7,12,17H,3,8-11H2,1-2H3,(H,22,23,27). The molecule has 1 atom stereocenters. The number of carbonyl (C=O) groups excluding carboxylic acids is 1. The van der Waals surface area contributed by atoms with Gasteiger partial charge in [0.1, 0.15) is 0 Å². The van der Waals surface area contributed by atoms with Gasteiger partial charge in [0.15, 0.2) is 0 Å². The number of benzene rings is 1. The van der Waals surface area contributed by atoms with Crippen molar-refractivity contribution in [2.75, 3.05) is 36.4 Å². The van der Waals surface area contributed by atoms with Crippen molar-refractivity contribution in [2.45, 2.75) is 26.3 Å². The van der Waals surface area contributed by atoms with Gasteiger partial charge in [-0.3, -0.25) is 19.7 Å². The van der Waals surface area contributed by atoms with Crippen molar-refractivity contribution < 1.29 is 4.79 Å². The molecule has 0 bridgehead atoms. The van der Waals surface area contributed by atoms with Crippen LogP contribution < -0.4 is 10.2 Å². The van der Waals surface area contributed by atoms with E-state index in [0.29, 0.717) is 11.2 Å². The Balaban J connectivity index is 1.43. The number of piperazine rings is 1. The first-order chi connectivity index (χ1) is 13.6. The van der Waals surface area contributed by atoms with Crippen LogP contribution >= 0.6 is 11.3 Å². The monoisotopic (exact) mass is 397 g/mol. The number of rotatable bonds is 5. The van der Waals surface area contributed by atoms with Crippen molar-refractivity contribution in [3.8, 4) is 0 Å². The lowest BCUT2D eigenvalue weighted by molar-refractivity contribution is -0.114. The van der Waals surface area contributed by atoms with E-state index in [0.717, 1.165) is 48.8 Å². The van der Waals surface area contributed by atoms with E-state index >= 15 is 0 Å². The highest BCUT2D eigenvalue weighted by Gasteiger charge is 2.26. The summed E-state index contributed by atoms with van der Waals surface area (Å²) in [5, 5.41) is 12.4. The zero-order valence-corrected chi connectivity index (χ0v) is 16.8. The summed E-state index contributed by atoms with van der Waals surface area (Å²) in [7, 11) is 0. The molecule has 0 aliphatic carbocycles. The van der Waals surface area contributed by atoms with Gasteiger partial charge in [-0.2, -0.15) is 0 Å². The third-order valence-electron chi connectivity index (χ3n) is 4.99. The predicted molar refractivity (Wildman–Crippen MR) is 111 cm³/mol. The van der Waals surface area contributed by atoms with E-state index in [2.05, 4.69) is 60.4 Å². The van der Waals surface area contributed by atoms with Gasteiger partial charge in [-0.1, -0.05) is 24.3 Å². The molecule has 0 saturated carbocycles. The molecule has 3 heterocycles. The van der Waals surface area contributed by atoms with E-state index in [1.54, 1.807) is 12.4 Å². The molecule has 1 aromatic carbocycles. The van der Waals surface area contributed by atoms with Crippen molar-refractivity contribution in [2.24, 2.45) is 0 Å². The van der Waals surface area contributed by atoms with Gasteiger partial charge in [0, 0.05) is 51.5 Å². The lowest BCUT2D eigenvalue weighted by Crippen LogP contribution is -2.47. The summed E-state index contributed by atoms with van der Waals surface area (Å²) in [5.41, 5.74) is 3.15. The van der Waals surface area contributed by atoms with Crippen molar-refractivity contribution in [3.05, 3.63) is 36.2 Å². The molecule has 1 saturated heterocycles. The van der Waals surface area contributed by atoms with Gasteiger partial charge in [0.05, 0.1) is 11.0 Å². The molecule has 2 aromatic heterocycles. The number of aromatic nitrogens is 4. The van der Waals surface area contributed by atoms with E-state index in [-0.39, 0.29) is 5.91 Å². The average molecular weight is 398 g/mol. The third-order valence-corrected chi connectivity index (χ3v) is 5.89. The van der Waals surface area contributed by atoms with Gasteiger partial charge in [-0.25, -0.2) is 0 Å². The Morgan fingerprint density at radius 2 is 1.89 bits per heavy atom. The van der Waals surface area contributed by atoms with Gasteiger partial charge in [0.25, 0.3) is 0 Å². The summed E-state index contributed by atoms with van der Waals surface area (Å²) >= 11 is 1.42. The number of hydrogen-bond acceptors (Lipinski definition) is 8. The van der Waals surface area contributed by atoms with Gasteiger partial charge in [0.2, 0.25) is 16.2 Å². The fourth-order valence-corrected chi connectivity index (χ4v) is 4.50. The van der Waals surface area contributed by atoms with Crippen LogP contribution in [-0.4, -0.2) is 57.2 Å². The van der Waals surface area contributed by atoms with Crippen LogP contribution in [0.5, 0.6) is 0 Å². The molecule has 28 heavy (non-hydrogen) atoms. The molecular formula is C19H23N7OS. The van der Waals surface area contributed by atoms with Crippen molar-refractivity contribution in [3.63, 3.8) is 0 Å². The highest BCUT2D eigenvalue weighted by molar-refractivity contribution is 7.19. The molecule has 9 heteroatoms. The van der Waals surface area contributed by atoms with Crippen LogP contribution in [-0.2, 0) is 4.79 Å². The lowest BCUT2D eigenvalue weighted by Gasteiger charge is -2.39. The highest BCUT2D eigenvalue weighted by atomic mass is 32.1. The minimum Gasteiger partial charge on any atom is -0.344 e. The fourth-order valence-electron chi connectivity index (χ4n) is 3.66. The number of hydrogen-bond donors (Lipinski definition) is 1. The molecule has 1 N–H and O–H groups in total. The van der Waals surface area contributed by atoms with Crippen molar-refractivity contribution in [1.82, 2.24) is 25.1 Å². The van der Waals surface area contributed by atoms with Crippen LogP contribution in [0.2, 0.25) is 0 Å². The van der Waals surface area contributed by atoms with Gasteiger partial charge < -0.3 is 10.2 Å². The van der Waals surface area contributed by atoms with Crippen LogP contribution in [0, 0.1) is 0 Å². The summed E-state index contributed by atoms with van der Waals surface area (Å²) in [4.78, 5) is 24.7. The van der Waals surface area contributed by atoms with Crippen LogP contribution in [0.25, 0.3) is 11.0 Å².